The van der Waals surface area contributed by atoms with Crippen LogP contribution < -0.4 is 19.7 Å². The Hall–Kier alpha value is -3.93. The Bertz CT molecular complexity index is 1660. The fraction of sp³-hybridized carbons (Fsp3) is 0.103. The van der Waals surface area contributed by atoms with Crippen molar-refractivity contribution in [3.63, 3.8) is 0 Å². The Labute approximate surface area is 249 Å². The quantitative estimate of drug-likeness (QED) is 0.201. The van der Waals surface area contributed by atoms with Crippen LogP contribution in [0.1, 0.15) is 5.56 Å². The van der Waals surface area contributed by atoms with Crippen LogP contribution >= 0.6 is 35.3 Å². The van der Waals surface area contributed by atoms with Gasteiger partial charge < -0.3 is 24.6 Å². The summed E-state index contributed by atoms with van der Waals surface area (Å²) in [6.07, 6.45) is 6.93. The maximum Gasteiger partial charge on any atom is 0.155 e. The number of ether oxygens (including phenoxy) is 1. The number of rotatable bonds is 8. The third-order valence-corrected chi connectivity index (χ3v) is 8.39. The van der Waals surface area contributed by atoms with Crippen LogP contribution in [0.5, 0.6) is 11.5 Å². The van der Waals surface area contributed by atoms with E-state index in [9.17, 15) is 4.39 Å². The summed E-state index contributed by atoms with van der Waals surface area (Å²) in [4.78, 5) is 13.1. The molecule has 4 heterocycles. The molecule has 2 aliphatic heterocycles. The zero-order chi connectivity index (χ0) is 28.3. The molecule has 0 radical (unpaired) electrons. The molecule has 2 N–H and O–H groups in total. The lowest BCUT2D eigenvalue weighted by Gasteiger charge is -2.17. The molecule has 0 fully saturated rings. The van der Waals surface area contributed by atoms with E-state index in [0.717, 1.165) is 35.0 Å². The molecule has 12 heteroatoms. The predicted octanol–water partition coefficient (Wildman–Crippen LogP) is 7.26. The number of halogens is 3. The maximum absolute atomic E-state index is 15.1. The summed E-state index contributed by atoms with van der Waals surface area (Å²) < 4.78 is 38.5. The largest absolute Gasteiger partial charge is 0.453 e. The summed E-state index contributed by atoms with van der Waals surface area (Å²) in [7, 11) is 1.95. The monoisotopic (exact) mass is 608 g/mol. The van der Waals surface area contributed by atoms with Crippen LogP contribution in [0.3, 0.4) is 0 Å². The highest BCUT2D eigenvalue weighted by molar-refractivity contribution is 8.02. The van der Waals surface area contributed by atoms with Crippen LogP contribution in [0.2, 0.25) is 5.02 Å². The van der Waals surface area contributed by atoms with Gasteiger partial charge in [0.15, 0.2) is 5.75 Å². The maximum atomic E-state index is 15.1. The van der Waals surface area contributed by atoms with Crippen molar-refractivity contribution in [3.8, 4) is 22.8 Å². The van der Waals surface area contributed by atoms with Crippen LogP contribution in [0.4, 0.5) is 14.5 Å². The molecular formula is C29H23ClF2N6OS2. The van der Waals surface area contributed by atoms with Crippen molar-refractivity contribution in [1.82, 2.24) is 24.9 Å². The molecule has 2 aromatic carbocycles. The molecule has 41 heavy (non-hydrogen) atoms. The number of pyridine rings is 2. The first-order valence-electron chi connectivity index (χ1n) is 12.5. The van der Waals surface area contributed by atoms with E-state index >= 15 is 4.39 Å². The van der Waals surface area contributed by atoms with Crippen LogP contribution in [0.15, 0.2) is 95.5 Å². The number of hydrogen-bond donors (Lipinski definition) is 2. The molecule has 7 nitrogen and oxygen atoms in total. The molecule has 0 saturated carbocycles. The van der Waals surface area contributed by atoms with Gasteiger partial charge in [-0.05, 0) is 48.3 Å². The molecule has 0 saturated heterocycles. The predicted molar refractivity (Wildman–Crippen MR) is 161 cm³/mol. The molecule has 0 unspecified atom stereocenters. The number of nitrogens with one attached hydrogen (secondary N) is 2. The third kappa shape index (κ3) is 6.07. The minimum absolute atomic E-state index is 0.144. The van der Waals surface area contributed by atoms with Crippen LogP contribution in [0, 0.1) is 11.6 Å². The summed E-state index contributed by atoms with van der Waals surface area (Å²) >= 11 is 9.36. The SMILES string of the molecule is CN1CSC=C1NSc1cc(Cl)c(Oc2cnc(-c3cccc(F)c3)cc2C2=CN(c3cccnc3)CN2)cc1F. The van der Waals surface area contributed by atoms with Gasteiger partial charge in [0.05, 0.1) is 51.9 Å². The van der Waals surface area contributed by atoms with Gasteiger partial charge in [0.25, 0.3) is 0 Å². The zero-order valence-corrected chi connectivity index (χ0v) is 24.0. The molecule has 0 bridgehead atoms. The first-order chi connectivity index (χ1) is 19.9. The summed E-state index contributed by atoms with van der Waals surface area (Å²) in [5, 5.41) is 5.59. The Morgan fingerprint density at radius 2 is 2.00 bits per heavy atom. The van der Waals surface area contributed by atoms with Crippen molar-refractivity contribution in [2.24, 2.45) is 0 Å². The normalized spacial score (nSPS) is 14.5. The van der Waals surface area contributed by atoms with Gasteiger partial charge in [0.1, 0.15) is 23.2 Å². The highest BCUT2D eigenvalue weighted by Gasteiger charge is 2.21. The minimum Gasteiger partial charge on any atom is -0.453 e. The molecule has 2 aliphatic rings. The molecule has 6 rings (SSSR count). The van der Waals surface area contributed by atoms with Crippen molar-refractivity contribution in [3.05, 3.63) is 113 Å². The summed E-state index contributed by atoms with van der Waals surface area (Å²) in [6.45, 7) is 0.497. The fourth-order valence-corrected chi connectivity index (χ4v) is 6.13. The lowest BCUT2D eigenvalue weighted by molar-refractivity contribution is 0.470. The second-order valence-corrected chi connectivity index (χ2v) is 11.2. The Morgan fingerprint density at radius 1 is 1.10 bits per heavy atom. The summed E-state index contributed by atoms with van der Waals surface area (Å²) in [5.74, 6) is 1.37. The van der Waals surface area contributed by atoms with Crippen molar-refractivity contribution in [2.75, 3.05) is 24.5 Å². The van der Waals surface area contributed by atoms with Crippen molar-refractivity contribution in [2.45, 2.75) is 4.90 Å². The average Bonchev–Trinajstić information content (AvgIpc) is 3.64. The van der Waals surface area contributed by atoms with Crippen LogP contribution in [0.25, 0.3) is 17.0 Å². The number of nitrogens with zero attached hydrogens (tertiary/aromatic N) is 4. The molecule has 0 aliphatic carbocycles. The van der Waals surface area contributed by atoms with Crippen LogP contribution in [-0.2, 0) is 0 Å². The fourth-order valence-electron chi connectivity index (χ4n) is 4.19. The smallest absolute Gasteiger partial charge is 0.155 e. The molecule has 2 aromatic heterocycles. The van der Waals surface area contributed by atoms with Crippen molar-refractivity contribution >= 4 is 46.7 Å². The molecule has 208 valence electrons. The van der Waals surface area contributed by atoms with Crippen molar-refractivity contribution in [1.29, 1.82) is 0 Å². The molecule has 4 aromatic rings. The topological polar surface area (TPSA) is 65.5 Å². The van der Waals surface area contributed by atoms with Gasteiger partial charge in [0, 0.05) is 42.0 Å². The number of thioether (sulfide) groups is 1. The van der Waals surface area contributed by atoms with Gasteiger partial charge in [0.2, 0.25) is 0 Å². The Morgan fingerprint density at radius 3 is 2.78 bits per heavy atom. The first kappa shape index (κ1) is 27.3. The lowest BCUT2D eigenvalue weighted by atomic mass is 10.1. The van der Waals surface area contributed by atoms with E-state index < -0.39 is 5.82 Å². The second-order valence-electron chi connectivity index (χ2n) is 9.15. The Kier molecular flexibility index (Phi) is 7.91. The Balaban J connectivity index is 1.32. The van der Waals surface area contributed by atoms with E-state index in [4.69, 9.17) is 16.3 Å². The lowest BCUT2D eigenvalue weighted by Crippen LogP contribution is -2.20. The van der Waals surface area contributed by atoms with Gasteiger partial charge in [-0.1, -0.05) is 23.7 Å². The number of aromatic nitrogens is 2. The van der Waals surface area contributed by atoms with E-state index in [-0.39, 0.29) is 16.6 Å². The van der Waals surface area contributed by atoms with E-state index in [1.165, 1.54) is 30.5 Å². The summed E-state index contributed by atoms with van der Waals surface area (Å²) in [5.41, 5.74) is 3.45. The van der Waals surface area contributed by atoms with Gasteiger partial charge in [-0.25, -0.2) is 8.78 Å². The second kappa shape index (κ2) is 11.9. The summed E-state index contributed by atoms with van der Waals surface area (Å²) in [6, 6.07) is 14.6. The first-order valence-corrected chi connectivity index (χ1v) is 14.7. The van der Waals surface area contributed by atoms with Gasteiger partial charge in [-0.15, -0.1) is 11.8 Å². The van der Waals surface area contributed by atoms with E-state index in [1.807, 2.05) is 40.6 Å². The highest BCUT2D eigenvalue weighted by Crippen LogP contribution is 2.39. The van der Waals surface area contributed by atoms with Gasteiger partial charge in [-0.3, -0.25) is 9.97 Å². The van der Waals surface area contributed by atoms with Crippen LogP contribution in [-0.4, -0.2) is 34.5 Å². The highest BCUT2D eigenvalue weighted by atomic mass is 35.5. The number of anilines is 1. The standard InChI is InChI=1S/C29H23ClF2N6OS2/c1-37-17-40-15-29(37)36-41-28-10-22(30)26(11-23(28)32)39-27-13-34-24(18-4-2-5-19(31)8-18)9-21(27)25-14-38(16-35-25)20-6-3-7-33-12-20/h2-15,35-36H,16-17H2,1H3. The molecule has 0 amide bonds. The zero-order valence-electron chi connectivity index (χ0n) is 21.6. The third-order valence-electron chi connectivity index (χ3n) is 6.33. The van der Waals surface area contributed by atoms with E-state index in [1.54, 1.807) is 42.4 Å². The van der Waals surface area contributed by atoms with E-state index in [2.05, 4.69) is 20.0 Å². The van der Waals surface area contributed by atoms with Crippen molar-refractivity contribution < 1.29 is 13.5 Å². The minimum atomic E-state index is -0.484. The number of hydrogen-bond acceptors (Lipinski definition) is 9. The molecule has 0 spiro atoms. The van der Waals surface area contributed by atoms with Gasteiger partial charge in [-0.2, -0.15) is 0 Å². The van der Waals surface area contributed by atoms with E-state index in [0.29, 0.717) is 34.1 Å². The van der Waals surface area contributed by atoms with Gasteiger partial charge >= 0.3 is 0 Å². The average molecular weight is 609 g/mol. The number of benzene rings is 2. The molecular weight excluding hydrogens is 586 g/mol. The molecule has 0 atom stereocenters.